The van der Waals surface area contributed by atoms with Gasteiger partial charge in [0, 0.05) is 12.6 Å². The van der Waals surface area contributed by atoms with E-state index in [1.165, 1.54) is 6.07 Å². The molecule has 20 heavy (non-hydrogen) atoms. The zero-order valence-corrected chi connectivity index (χ0v) is 12.6. The Morgan fingerprint density at radius 1 is 1.45 bits per heavy atom. The number of rotatable bonds is 3. The Hall–Kier alpha value is -1.42. The van der Waals surface area contributed by atoms with E-state index in [4.69, 9.17) is 5.26 Å². The molecule has 1 aliphatic rings. The number of hydrogen-bond acceptors (Lipinski definition) is 4. The third-order valence-electron chi connectivity index (χ3n) is 3.55. The Kier molecular flexibility index (Phi) is 4.43. The van der Waals surface area contributed by atoms with Gasteiger partial charge in [0.25, 0.3) is 0 Å². The third kappa shape index (κ3) is 3.37. The summed E-state index contributed by atoms with van der Waals surface area (Å²) in [7, 11) is -1.59. The van der Waals surface area contributed by atoms with Crippen LogP contribution in [0.15, 0.2) is 23.1 Å². The summed E-state index contributed by atoms with van der Waals surface area (Å²) in [5, 5.41) is 8.90. The number of hydrogen-bond donors (Lipinski definition) is 1. The zero-order chi connectivity index (χ0) is 14.8. The fourth-order valence-corrected chi connectivity index (χ4v) is 4.04. The van der Waals surface area contributed by atoms with Crippen LogP contribution in [-0.4, -0.2) is 39.5 Å². The van der Waals surface area contributed by atoms with E-state index in [1.807, 2.05) is 13.1 Å². The summed E-state index contributed by atoms with van der Waals surface area (Å²) in [5.74, 6) is 0. The minimum atomic E-state index is -3.57. The summed E-state index contributed by atoms with van der Waals surface area (Å²) in [5.41, 5.74) is 1.01. The molecule has 0 amide bonds. The predicted molar refractivity (Wildman–Crippen MR) is 76.7 cm³/mol. The Morgan fingerprint density at radius 3 is 2.85 bits per heavy atom. The first kappa shape index (κ1) is 15.0. The van der Waals surface area contributed by atoms with Crippen LogP contribution >= 0.6 is 0 Å². The van der Waals surface area contributed by atoms with Crippen LogP contribution in [0.1, 0.15) is 24.0 Å². The number of likely N-dealkylation sites (N-methyl/N-ethyl adjacent to an activating group) is 1. The van der Waals surface area contributed by atoms with Crippen LogP contribution in [0.5, 0.6) is 0 Å². The van der Waals surface area contributed by atoms with Crippen LogP contribution in [0.4, 0.5) is 0 Å². The van der Waals surface area contributed by atoms with Crippen molar-refractivity contribution >= 4 is 10.0 Å². The minimum absolute atomic E-state index is 0.0658. The molecule has 1 aliphatic heterocycles. The van der Waals surface area contributed by atoms with Crippen molar-refractivity contribution in [3.63, 3.8) is 0 Å². The smallest absolute Gasteiger partial charge is 0.241 e. The molecule has 1 unspecified atom stereocenters. The normalized spacial score (nSPS) is 20.6. The maximum Gasteiger partial charge on any atom is 0.241 e. The summed E-state index contributed by atoms with van der Waals surface area (Å²) in [6.45, 7) is 3.46. The van der Waals surface area contributed by atoms with Gasteiger partial charge in [0.1, 0.15) is 0 Å². The number of sulfonamides is 1. The van der Waals surface area contributed by atoms with E-state index in [0.717, 1.165) is 25.9 Å². The zero-order valence-electron chi connectivity index (χ0n) is 11.8. The van der Waals surface area contributed by atoms with E-state index in [1.54, 1.807) is 19.1 Å². The van der Waals surface area contributed by atoms with Crippen molar-refractivity contribution < 1.29 is 8.42 Å². The van der Waals surface area contributed by atoms with Crippen LogP contribution in [0.3, 0.4) is 0 Å². The van der Waals surface area contributed by atoms with Gasteiger partial charge < -0.3 is 4.90 Å². The average Bonchev–Trinajstić information content (AvgIpc) is 2.38. The molecule has 1 N–H and O–H groups in total. The first-order valence-corrected chi connectivity index (χ1v) is 8.12. The highest BCUT2D eigenvalue weighted by atomic mass is 32.2. The van der Waals surface area contributed by atoms with Gasteiger partial charge in [0.05, 0.1) is 16.5 Å². The van der Waals surface area contributed by atoms with E-state index in [-0.39, 0.29) is 10.9 Å². The van der Waals surface area contributed by atoms with Crippen molar-refractivity contribution in [2.24, 2.45) is 0 Å². The standard InChI is InChI=1S/C14H19N3O2S/c1-11-5-6-12(9-15)8-14(11)20(18,19)16-13-4-3-7-17(2)10-13/h5-6,8,13,16H,3-4,7,10H2,1-2H3. The maximum atomic E-state index is 12.5. The molecular weight excluding hydrogens is 274 g/mol. The predicted octanol–water partition coefficient (Wildman–Crippen LogP) is 1.24. The highest BCUT2D eigenvalue weighted by Crippen LogP contribution is 2.18. The van der Waals surface area contributed by atoms with Crippen LogP contribution in [0, 0.1) is 18.3 Å². The van der Waals surface area contributed by atoms with Gasteiger partial charge in [-0.3, -0.25) is 0 Å². The summed E-state index contributed by atoms with van der Waals surface area (Å²) >= 11 is 0. The number of nitrogens with one attached hydrogen (secondary N) is 1. The summed E-state index contributed by atoms with van der Waals surface area (Å²) < 4.78 is 27.7. The first-order chi connectivity index (χ1) is 9.42. The third-order valence-corrected chi connectivity index (χ3v) is 5.22. The number of aryl methyl sites for hydroxylation is 1. The van der Waals surface area contributed by atoms with Gasteiger partial charge in [-0.1, -0.05) is 6.07 Å². The average molecular weight is 293 g/mol. The lowest BCUT2D eigenvalue weighted by molar-refractivity contribution is 0.242. The van der Waals surface area contributed by atoms with Crippen molar-refractivity contribution in [3.8, 4) is 6.07 Å². The SMILES string of the molecule is Cc1ccc(C#N)cc1S(=O)(=O)NC1CCCN(C)C1. The van der Waals surface area contributed by atoms with Crippen LogP contribution in [0.25, 0.3) is 0 Å². The van der Waals surface area contributed by atoms with Gasteiger partial charge >= 0.3 is 0 Å². The van der Waals surface area contributed by atoms with Crippen molar-refractivity contribution in [2.45, 2.75) is 30.7 Å². The number of nitriles is 1. The van der Waals surface area contributed by atoms with Gasteiger partial charge in [0.2, 0.25) is 10.0 Å². The lowest BCUT2D eigenvalue weighted by Gasteiger charge is -2.30. The fraction of sp³-hybridized carbons (Fsp3) is 0.500. The molecule has 1 aromatic carbocycles. The van der Waals surface area contributed by atoms with Crippen LogP contribution in [-0.2, 0) is 10.0 Å². The van der Waals surface area contributed by atoms with Crippen molar-refractivity contribution in [3.05, 3.63) is 29.3 Å². The molecule has 0 aliphatic carbocycles. The molecule has 1 atom stereocenters. The molecular formula is C14H19N3O2S. The van der Waals surface area contributed by atoms with E-state index in [9.17, 15) is 8.42 Å². The highest BCUT2D eigenvalue weighted by Gasteiger charge is 2.25. The molecule has 6 heteroatoms. The molecule has 1 fully saturated rings. The molecule has 0 radical (unpaired) electrons. The lowest BCUT2D eigenvalue weighted by Crippen LogP contribution is -2.46. The van der Waals surface area contributed by atoms with E-state index in [2.05, 4.69) is 9.62 Å². The minimum Gasteiger partial charge on any atom is -0.305 e. The molecule has 1 heterocycles. The van der Waals surface area contributed by atoms with E-state index in [0.29, 0.717) is 11.1 Å². The Morgan fingerprint density at radius 2 is 2.20 bits per heavy atom. The van der Waals surface area contributed by atoms with Gasteiger partial charge in [-0.05, 0) is 51.1 Å². The molecule has 2 rings (SSSR count). The summed E-state index contributed by atoms with van der Waals surface area (Å²) in [6.07, 6.45) is 1.83. The van der Waals surface area contributed by atoms with Crippen molar-refractivity contribution in [1.29, 1.82) is 5.26 Å². The van der Waals surface area contributed by atoms with Gasteiger partial charge in [-0.15, -0.1) is 0 Å². The van der Waals surface area contributed by atoms with Crippen molar-refractivity contribution in [1.82, 2.24) is 9.62 Å². The Bertz CT molecular complexity index is 634. The van der Waals surface area contributed by atoms with E-state index < -0.39 is 10.0 Å². The van der Waals surface area contributed by atoms with Crippen LogP contribution < -0.4 is 4.72 Å². The highest BCUT2D eigenvalue weighted by molar-refractivity contribution is 7.89. The molecule has 0 aromatic heterocycles. The van der Waals surface area contributed by atoms with Crippen LogP contribution in [0.2, 0.25) is 0 Å². The lowest BCUT2D eigenvalue weighted by atomic mass is 10.1. The molecule has 0 spiro atoms. The molecule has 5 nitrogen and oxygen atoms in total. The fourth-order valence-electron chi connectivity index (χ4n) is 2.50. The molecule has 0 saturated carbocycles. The molecule has 1 aromatic rings. The second kappa shape index (κ2) is 5.92. The number of nitrogens with zero attached hydrogens (tertiary/aromatic N) is 2. The number of piperidine rings is 1. The topological polar surface area (TPSA) is 73.2 Å². The summed E-state index contributed by atoms with van der Waals surface area (Å²) in [6, 6.07) is 6.64. The van der Waals surface area contributed by atoms with Crippen molar-refractivity contribution in [2.75, 3.05) is 20.1 Å². The number of benzene rings is 1. The Balaban J connectivity index is 2.24. The maximum absolute atomic E-state index is 12.5. The first-order valence-electron chi connectivity index (χ1n) is 6.64. The van der Waals surface area contributed by atoms with Gasteiger partial charge in [0.15, 0.2) is 0 Å². The molecule has 0 bridgehead atoms. The number of likely N-dealkylation sites (tertiary alicyclic amines) is 1. The largest absolute Gasteiger partial charge is 0.305 e. The Labute approximate surface area is 120 Å². The van der Waals surface area contributed by atoms with Gasteiger partial charge in [-0.2, -0.15) is 5.26 Å². The monoisotopic (exact) mass is 293 g/mol. The molecule has 1 saturated heterocycles. The second-order valence-corrected chi connectivity index (χ2v) is 7.00. The second-order valence-electron chi connectivity index (χ2n) is 5.31. The summed E-state index contributed by atoms with van der Waals surface area (Å²) in [4.78, 5) is 2.32. The van der Waals surface area contributed by atoms with Gasteiger partial charge in [-0.25, -0.2) is 13.1 Å². The molecule has 108 valence electrons. The van der Waals surface area contributed by atoms with E-state index >= 15 is 0 Å². The quantitative estimate of drug-likeness (QED) is 0.910.